The Labute approximate surface area is 370 Å². The van der Waals surface area contributed by atoms with Crippen LogP contribution >= 0.6 is 0 Å². The highest BCUT2D eigenvalue weighted by atomic mass is 19.4. The standard InChI is InChI=1S/C47H48F6O12/c1-24-19-29-28-20-34-42(5)23-32(62-25(2)54)37(55)41(3,4)33(42)22-35(64-40(58)45(60-8,47(51,52)53)27-17-13-10-14-18-27)43(34,6)65-30(28)21-31(36(29)38(56)61-24)63-39(57)44(59-7,46(48,49)50)26-15-11-9-12-16-26/h9-18,21,24,32-35H,19-20,22-23H2,1-8H3/t24-,32+,33-,34+,35-,42-,43+,44+,45+/m0/s1. The number of methoxy groups -OCH3 is 2. The number of hydrogen-bond donors (Lipinski definition) is 0. The SMILES string of the molecule is CO[C@@](C(=O)Oc1cc2c(c3c1C(=O)O[C@@H](C)C3)C[C@@H]1[C@@]3(C)C[C@@H](OC(C)=O)C(=O)C(C)(C)[C@@H]3C[C@H](OC(=O)[C@](OC)(c3ccccc3)C(F)(F)F)[C@]1(C)O2)(c1ccccc1)C(F)(F)F. The van der Waals surface area contributed by atoms with Gasteiger partial charge in [-0.25, -0.2) is 14.4 Å². The van der Waals surface area contributed by atoms with Crippen LogP contribution in [0.15, 0.2) is 66.7 Å². The van der Waals surface area contributed by atoms with Gasteiger partial charge in [-0.3, -0.25) is 9.59 Å². The first kappa shape index (κ1) is 47.5. The summed E-state index contributed by atoms with van der Waals surface area (Å²) in [6.45, 7) is 9.25. The predicted molar refractivity (Wildman–Crippen MR) is 214 cm³/mol. The third-order valence-electron chi connectivity index (χ3n) is 14.1. The molecule has 65 heavy (non-hydrogen) atoms. The van der Waals surface area contributed by atoms with Gasteiger partial charge in [0.2, 0.25) is 0 Å². The number of cyclic esters (lactones) is 1. The fourth-order valence-corrected chi connectivity index (χ4v) is 11.1. The molecule has 2 fully saturated rings. The van der Waals surface area contributed by atoms with Gasteiger partial charge in [0.1, 0.15) is 34.9 Å². The van der Waals surface area contributed by atoms with Gasteiger partial charge in [-0.2, -0.15) is 26.3 Å². The summed E-state index contributed by atoms with van der Waals surface area (Å²) in [4.78, 5) is 68.8. The monoisotopic (exact) mass is 918 g/mol. The van der Waals surface area contributed by atoms with Gasteiger partial charge in [0, 0.05) is 56.1 Å². The number of rotatable bonds is 9. The van der Waals surface area contributed by atoms with Crippen LogP contribution in [0.5, 0.6) is 11.5 Å². The number of hydrogen-bond acceptors (Lipinski definition) is 12. The fourth-order valence-electron chi connectivity index (χ4n) is 11.1. The zero-order chi connectivity index (χ0) is 47.9. The molecule has 0 aromatic heterocycles. The van der Waals surface area contributed by atoms with Crippen LogP contribution in [-0.4, -0.2) is 80.1 Å². The highest BCUT2D eigenvalue weighted by Crippen LogP contribution is 2.65. The third kappa shape index (κ3) is 7.25. The van der Waals surface area contributed by atoms with Gasteiger partial charge in [-0.05, 0) is 55.6 Å². The molecule has 7 rings (SSSR count). The van der Waals surface area contributed by atoms with Crippen LogP contribution in [0, 0.1) is 22.7 Å². The molecule has 2 saturated carbocycles. The van der Waals surface area contributed by atoms with E-state index in [0.717, 1.165) is 37.3 Å². The van der Waals surface area contributed by atoms with Gasteiger partial charge < -0.3 is 33.2 Å². The molecule has 0 amide bonds. The number of ether oxygens (including phenoxy) is 7. The van der Waals surface area contributed by atoms with Crippen molar-refractivity contribution >= 4 is 29.7 Å². The summed E-state index contributed by atoms with van der Waals surface area (Å²) >= 11 is 0. The van der Waals surface area contributed by atoms with Crippen molar-refractivity contribution in [1.29, 1.82) is 0 Å². The van der Waals surface area contributed by atoms with Crippen LogP contribution in [0.3, 0.4) is 0 Å². The average Bonchev–Trinajstić information content (AvgIpc) is 3.20. The van der Waals surface area contributed by atoms with Crippen LogP contribution in [-0.2, 0) is 66.9 Å². The third-order valence-corrected chi connectivity index (χ3v) is 14.1. The van der Waals surface area contributed by atoms with Crippen molar-refractivity contribution in [3.8, 4) is 11.5 Å². The molecule has 3 aromatic rings. The maximum absolute atomic E-state index is 15.3. The number of carbonyl (C=O) groups is 5. The summed E-state index contributed by atoms with van der Waals surface area (Å²) in [5.74, 6) is -8.57. The Morgan fingerprint density at radius 2 is 1.28 bits per heavy atom. The highest BCUT2D eigenvalue weighted by Gasteiger charge is 2.71. The second kappa shape index (κ2) is 16.1. The van der Waals surface area contributed by atoms with Crippen LogP contribution < -0.4 is 9.47 Å². The van der Waals surface area contributed by atoms with Gasteiger partial charge in [-0.1, -0.05) is 81.4 Å². The summed E-state index contributed by atoms with van der Waals surface area (Å²) in [6.07, 6.45) is -14.9. The lowest BCUT2D eigenvalue weighted by atomic mass is 9.43. The van der Waals surface area contributed by atoms with E-state index in [-0.39, 0.29) is 42.6 Å². The van der Waals surface area contributed by atoms with E-state index >= 15 is 26.3 Å². The maximum atomic E-state index is 15.3. The molecule has 2 heterocycles. The number of ketones is 1. The number of esters is 4. The molecule has 9 atom stereocenters. The van der Waals surface area contributed by atoms with E-state index in [2.05, 4.69) is 0 Å². The normalized spacial score (nSPS) is 28.9. The molecule has 3 aromatic carbocycles. The largest absolute Gasteiger partial charge is 0.483 e. The molecule has 18 heteroatoms. The molecular formula is C47H48F6O12. The Balaban J connectivity index is 1.42. The molecule has 0 N–H and O–H groups in total. The first-order valence-corrected chi connectivity index (χ1v) is 20.8. The van der Waals surface area contributed by atoms with Crippen molar-refractivity contribution in [2.75, 3.05) is 14.2 Å². The van der Waals surface area contributed by atoms with Crippen LogP contribution in [0.2, 0.25) is 0 Å². The number of carbonyl (C=O) groups excluding carboxylic acids is 5. The minimum Gasteiger partial charge on any atom is -0.483 e. The van der Waals surface area contributed by atoms with E-state index in [0.29, 0.717) is 19.8 Å². The Morgan fingerprint density at radius 3 is 1.78 bits per heavy atom. The highest BCUT2D eigenvalue weighted by molar-refractivity contribution is 5.98. The van der Waals surface area contributed by atoms with E-state index in [4.69, 9.17) is 33.2 Å². The Kier molecular flexibility index (Phi) is 11.8. The molecule has 0 saturated heterocycles. The van der Waals surface area contributed by atoms with Crippen molar-refractivity contribution in [3.05, 3.63) is 94.5 Å². The van der Waals surface area contributed by atoms with Gasteiger partial charge >= 0.3 is 36.2 Å². The molecular weight excluding hydrogens is 870 g/mol. The lowest BCUT2D eigenvalue weighted by Crippen LogP contribution is -2.71. The second-order valence-corrected chi connectivity index (χ2v) is 18.1. The Hall–Kier alpha value is -5.49. The summed E-state index contributed by atoms with van der Waals surface area (Å²) < 4.78 is 131. The van der Waals surface area contributed by atoms with Gasteiger partial charge in [-0.15, -0.1) is 0 Å². The first-order valence-electron chi connectivity index (χ1n) is 20.8. The van der Waals surface area contributed by atoms with E-state index in [1.807, 2.05) is 6.92 Å². The van der Waals surface area contributed by atoms with E-state index in [1.165, 1.54) is 43.3 Å². The molecule has 2 aliphatic heterocycles. The van der Waals surface area contributed by atoms with Gasteiger partial charge in [0.25, 0.3) is 11.2 Å². The summed E-state index contributed by atoms with van der Waals surface area (Å²) in [6, 6.07) is 13.1. The van der Waals surface area contributed by atoms with E-state index in [1.54, 1.807) is 20.8 Å². The second-order valence-electron chi connectivity index (χ2n) is 18.1. The predicted octanol–water partition coefficient (Wildman–Crippen LogP) is 8.08. The van der Waals surface area contributed by atoms with Crippen LogP contribution in [0.1, 0.15) is 87.0 Å². The summed E-state index contributed by atoms with van der Waals surface area (Å²) in [5, 5.41) is 0. The van der Waals surface area contributed by atoms with Crippen LogP contribution in [0.4, 0.5) is 26.3 Å². The van der Waals surface area contributed by atoms with Crippen LogP contribution in [0.25, 0.3) is 0 Å². The lowest BCUT2D eigenvalue weighted by molar-refractivity contribution is -0.287. The van der Waals surface area contributed by atoms with Crippen molar-refractivity contribution in [2.24, 2.45) is 22.7 Å². The topological polar surface area (TPSA) is 150 Å². The minimum atomic E-state index is -5.40. The van der Waals surface area contributed by atoms with E-state index < -0.39 is 117 Å². The molecule has 12 nitrogen and oxygen atoms in total. The summed E-state index contributed by atoms with van der Waals surface area (Å²) in [5.41, 5.74) is -12.7. The summed E-state index contributed by atoms with van der Waals surface area (Å²) in [7, 11) is 1.38. The average molecular weight is 919 g/mol. The minimum absolute atomic E-state index is 0.0490. The Morgan fingerprint density at radius 1 is 0.738 bits per heavy atom. The molecule has 2 aliphatic carbocycles. The maximum Gasteiger partial charge on any atom is 0.432 e. The number of fused-ring (bicyclic) bond motifs is 6. The number of halogens is 6. The molecule has 4 aliphatic rings. The van der Waals surface area contributed by atoms with Crippen molar-refractivity contribution in [3.63, 3.8) is 0 Å². The number of alkyl halides is 6. The molecule has 0 bridgehead atoms. The van der Waals surface area contributed by atoms with Crippen molar-refractivity contribution in [1.82, 2.24) is 0 Å². The smallest absolute Gasteiger partial charge is 0.432 e. The van der Waals surface area contributed by atoms with E-state index in [9.17, 15) is 24.0 Å². The fraction of sp³-hybridized carbons (Fsp3) is 0.511. The lowest BCUT2D eigenvalue weighted by Gasteiger charge is -2.65. The molecule has 350 valence electrons. The van der Waals surface area contributed by atoms with Gasteiger partial charge in [0.15, 0.2) is 11.9 Å². The first-order chi connectivity index (χ1) is 30.2. The number of Topliss-reactive ketones (excluding diaryl/α,β-unsaturated/α-hetero) is 1. The zero-order valence-electron chi connectivity index (χ0n) is 36.7. The molecule has 0 spiro atoms. The molecule has 0 radical (unpaired) electrons. The van der Waals surface area contributed by atoms with Gasteiger partial charge in [0.05, 0.1) is 0 Å². The zero-order valence-corrected chi connectivity index (χ0v) is 36.7. The van der Waals surface area contributed by atoms with Crippen molar-refractivity contribution < 1.29 is 83.5 Å². The van der Waals surface area contributed by atoms with Crippen molar-refractivity contribution in [2.45, 2.75) is 115 Å². The molecule has 0 unspecified atom stereocenters. The quantitative estimate of drug-likeness (QED) is 0.0884. The Bertz CT molecular complexity index is 2400. The number of benzene rings is 3.